The maximum atomic E-state index is 12.2. The number of ether oxygens (including phenoxy) is 2. The van der Waals surface area contributed by atoms with Gasteiger partial charge in [0.1, 0.15) is 11.5 Å². The molecule has 0 spiro atoms. The van der Waals surface area contributed by atoms with Crippen molar-refractivity contribution in [3.8, 4) is 11.5 Å². The Morgan fingerprint density at radius 1 is 1.11 bits per heavy atom. The van der Waals surface area contributed by atoms with E-state index in [1.165, 1.54) is 25.6 Å². The first-order valence-electron chi connectivity index (χ1n) is 8.49. The molecular weight excluding hydrogens is 380 g/mol. The lowest BCUT2D eigenvalue weighted by atomic mass is 10.1. The van der Waals surface area contributed by atoms with Crippen LogP contribution in [0.4, 0.5) is 5.69 Å². The molecule has 0 aliphatic carbocycles. The molecular formula is C20H20N2O5S. The van der Waals surface area contributed by atoms with Crippen LogP contribution in [0.3, 0.4) is 0 Å². The van der Waals surface area contributed by atoms with Gasteiger partial charge in [0.15, 0.2) is 0 Å². The summed E-state index contributed by atoms with van der Waals surface area (Å²) in [7, 11) is 2.97. The van der Waals surface area contributed by atoms with E-state index in [-0.39, 0.29) is 6.54 Å². The number of benzene rings is 2. The number of carbonyl (C=O) groups excluding carboxylic acids is 2. The minimum atomic E-state index is -0.913. The first-order chi connectivity index (χ1) is 13.5. The summed E-state index contributed by atoms with van der Waals surface area (Å²) in [5.41, 5.74) is 1.06. The number of anilines is 1. The molecule has 0 bridgehead atoms. The minimum absolute atomic E-state index is 0.0767. The molecule has 0 aliphatic heterocycles. The van der Waals surface area contributed by atoms with Gasteiger partial charge in [-0.05, 0) is 29.0 Å². The van der Waals surface area contributed by atoms with Crippen molar-refractivity contribution >= 4 is 38.9 Å². The lowest BCUT2D eigenvalue weighted by molar-refractivity contribution is -0.136. The standard InChI is InChI=1S/C20H20N2O5S/c1-26-12-7-8-15(17(9-12)27-2)22-20(25)19(24)21-10-16(23)14-11-28-18-6-4-3-5-13(14)18/h3-9,11,16,23H,10H2,1-2H3,(H,21,24)(H,22,25). The van der Waals surface area contributed by atoms with E-state index in [4.69, 9.17) is 9.47 Å². The molecule has 3 N–H and O–H groups in total. The van der Waals surface area contributed by atoms with Crippen LogP contribution in [-0.4, -0.2) is 37.7 Å². The highest BCUT2D eigenvalue weighted by molar-refractivity contribution is 7.17. The van der Waals surface area contributed by atoms with Crippen molar-refractivity contribution in [2.24, 2.45) is 0 Å². The van der Waals surface area contributed by atoms with Gasteiger partial charge in [-0.15, -0.1) is 11.3 Å². The zero-order valence-electron chi connectivity index (χ0n) is 15.4. The van der Waals surface area contributed by atoms with Crippen LogP contribution in [0.5, 0.6) is 11.5 Å². The number of rotatable bonds is 6. The number of thiophene rings is 1. The first kappa shape index (κ1) is 19.7. The topological polar surface area (TPSA) is 96.9 Å². The Bertz CT molecular complexity index is 1000. The van der Waals surface area contributed by atoms with Gasteiger partial charge in [0.2, 0.25) is 0 Å². The molecule has 0 aliphatic rings. The van der Waals surface area contributed by atoms with Crippen LogP contribution in [-0.2, 0) is 9.59 Å². The monoisotopic (exact) mass is 400 g/mol. The number of amides is 2. The number of aliphatic hydroxyl groups excluding tert-OH is 1. The summed E-state index contributed by atoms with van der Waals surface area (Å²) in [6.45, 7) is -0.0767. The molecule has 28 heavy (non-hydrogen) atoms. The van der Waals surface area contributed by atoms with E-state index in [1.807, 2.05) is 29.6 Å². The molecule has 2 amide bonds. The van der Waals surface area contributed by atoms with E-state index in [0.717, 1.165) is 15.6 Å². The third-order valence-electron chi connectivity index (χ3n) is 4.19. The fourth-order valence-corrected chi connectivity index (χ4v) is 3.72. The van der Waals surface area contributed by atoms with E-state index in [2.05, 4.69) is 10.6 Å². The highest BCUT2D eigenvalue weighted by Gasteiger charge is 2.19. The predicted molar refractivity (Wildman–Crippen MR) is 108 cm³/mol. The van der Waals surface area contributed by atoms with Gasteiger partial charge in [-0.2, -0.15) is 0 Å². The van der Waals surface area contributed by atoms with Gasteiger partial charge >= 0.3 is 11.8 Å². The average molecular weight is 400 g/mol. The molecule has 1 atom stereocenters. The van der Waals surface area contributed by atoms with Crippen LogP contribution in [0.2, 0.25) is 0 Å². The number of aliphatic hydroxyl groups is 1. The van der Waals surface area contributed by atoms with Crippen molar-refractivity contribution in [2.75, 3.05) is 26.1 Å². The van der Waals surface area contributed by atoms with Crippen LogP contribution >= 0.6 is 11.3 Å². The molecule has 3 rings (SSSR count). The van der Waals surface area contributed by atoms with Crippen LogP contribution < -0.4 is 20.1 Å². The van der Waals surface area contributed by atoms with Crippen molar-refractivity contribution in [2.45, 2.75) is 6.10 Å². The summed E-state index contributed by atoms with van der Waals surface area (Å²) < 4.78 is 11.3. The van der Waals surface area contributed by atoms with Gasteiger partial charge < -0.3 is 25.2 Å². The maximum Gasteiger partial charge on any atom is 0.313 e. The molecule has 0 radical (unpaired) electrons. The Hall–Kier alpha value is -3.10. The van der Waals surface area contributed by atoms with Crippen LogP contribution in [0.25, 0.3) is 10.1 Å². The van der Waals surface area contributed by atoms with Crippen LogP contribution in [0.15, 0.2) is 47.8 Å². The van der Waals surface area contributed by atoms with Crippen LogP contribution in [0.1, 0.15) is 11.7 Å². The molecule has 0 saturated heterocycles. The third kappa shape index (κ3) is 4.24. The Labute approximate surface area is 165 Å². The smallest absolute Gasteiger partial charge is 0.313 e. The number of hydrogen-bond donors (Lipinski definition) is 3. The molecule has 146 valence electrons. The number of fused-ring (bicyclic) bond motifs is 1. The van der Waals surface area contributed by atoms with Crippen molar-refractivity contribution in [1.82, 2.24) is 5.32 Å². The van der Waals surface area contributed by atoms with Gasteiger partial charge in [0, 0.05) is 22.9 Å². The van der Waals surface area contributed by atoms with Crippen molar-refractivity contribution in [1.29, 1.82) is 0 Å². The molecule has 7 nitrogen and oxygen atoms in total. The van der Waals surface area contributed by atoms with Gasteiger partial charge in [0.05, 0.1) is 26.0 Å². The molecule has 1 aromatic heterocycles. The molecule has 8 heteroatoms. The average Bonchev–Trinajstić information content (AvgIpc) is 3.16. The number of hydrogen-bond acceptors (Lipinski definition) is 6. The largest absolute Gasteiger partial charge is 0.497 e. The Morgan fingerprint density at radius 2 is 1.89 bits per heavy atom. The summed E-state index contributed by atoms with van der Waals surface area (Å²) in [5.74, 6) is -0.780. The second kappa shape index (κ2) is 8.73. The lowest BCUT2D eigenvalue weighted by Crippen LogP contribution is -2.37. The van der Waals surface area contributed by atoms with Gasteiger partial charge in [-0.3, -0.25) is 9.59 Å². The second-order valence-corrected chi connectivity index (χ2v) is 6.84. The zero-order valence-corrected chi connectivity index (χ0v) is 16.2. The Kier molecular flexibility index (Phi) is 6.13. The zero-order chi connectivity index (χ0) is 20.1. The Morgan fingerprint density at radius 3 is 2.64 bits per heavy atom. The minimum Gasteiger partial charge on any atom is -0.497 e. The number of carbonyl (C=O) groups is 2. The quantitative estimate of drug-likeness (QED) is 0.553. The third-order valence-corrected chi connectivity index (χ3v) is 5.17. The first-order valence-corrected chi connectivity index (χ1v) is 9.37. The van der Waals surface area contributed by atoms with Crippen LogP contribution in [0, 0.1) is 0 Å². The summed E-state index contributed by atoms with van der Waals surface area (Å²) in [6.07, 6.45) is -0.913. The predicted octanol–water partition coefficient (Wildman–Crippen LogP) is 2.71. The van der Waals surface area contributed by atoms with Crippen molar-refractivity contribution in [3.63, 3.8) is 0 Å². The van der Waals surface area contributed by atoms with Gasteiger partial charge in [0.25, 0.3) is 0 Å². The number of nitrogens with one attached hydrogen (secondary N) is 2. The summed E-state index contributed by atoms with van der Waals surface area (Å²) in [4.78, 5) is 24.3. The van der Waals surface area contributed by atoms with Crippen molar-refractivity contribution in [3.05, 3.63) is 53.4 Å². The van der Waals surface area contributed by atoms with E-state index in [9.17, 15) is 14.7 Å². The fourth-order valence-electron chi connectivity index (χ4n) is 2.72. The summed E-state index contributed by atoms with van der Waals surface area (Å²) in [6, 6.07) is 12.5. The Balaban J connectivity index is 1.61. The van der Waals surface area contributed by atoms with Crippen molar-refractivity contribution < 1.29 is 24.2 Å². The number of methoxy groups -OCH3 is 2. The summed E-state index contributed by atoms with van der Waals surface area (Å²) >= 11 is 1.52. The fraction of sp³-hybridized carbons (Fsp3) is 0.200. The van der Waals surface area contributed by atoms with E-state index in [1.54, 1.807) is 18.2 Å². The molecule has 3 aromatic rings. The van der Waals surface area contributed by atoms with E-state index >= 15 is 0 Å². The molecule has 0 fully saturated rings. The molecule has 2 aromatic carbocycles. The lowest BCUT2D eigenvalue weighted by Gasteiger charge is -2.13. The van der Waals surface area contributed by atoms with E-state index < -0.39 is 17.9 Å². The second-order valence-electron chi connectivity index (χ2n) is 5.93. The van der Waals surface area contributed by atoms with Gasteiger partial charge in [-0.1, -0.05) is 18.2 Å². The van der Waals surface area contributed by atoms with Gasteiger partial charge in [-0.25, -0.2) is 0 Å². The summed E-state index contributed by atoms with van der Waals surface area (Å²) in [5, 5.41) is 18.1. The SMILES string of the molecule is COc1ccc(NC(=O)C(=O)NCC(O)c2csc3ccccc23)c(OC)c1. The molecule has 1 heterocycles. The molecule has 1 unspecified atom stereocenters. The maximum absolute atomic E-state index is 12.2. The highest BCUT2D eigenvalue weighted by Crippen LogP contribution is 2.30. The normalized spacial score (nSPS) is 11.7. The molecule has 0 saturated carbocycles. The highest BCUT2D eigenvalue weighted by atomic mass is 32.1. The van der Waals surface area contributed by atoms with E-state index in [0.29, 0.717) is 17.2 Å².